The maximum absolute atomic E-state index is 13.8. The van der Waals surface area contributed by atoms with Gasteiger partial charge in [-0.05, 0) is 103 Å². The number of hydrogen-bond donors (Lipinski definition) is 2. The zero-order valence-corrected chi connectivity index (χ0v) is 34.1. The second-order valence-corrected chi connectivity index (χ2v) is 16.4. The summed E-state index contributed by atoms with van der Waals surface area (Å²) in [5.41, 5.74) is -3.22. The van der Waals surface area contributed by atoms with Gasteiger partial charge in [-0.25, -0.2) is 22.9 Å². The number of guanidine groups is 1. The Labute approximate surface area is 335 Å². The summed E-state index contributed by atoms with van der Waals surface area (Å²) in [6, 6.07) is 9.37. The summed E-state index contributed by atoms with van der Waals surface area (Å²) < 4.78 is 115. The number of nitrogens with zero attached hydrogens (tertiary/aromatic N) is 3. The molecule has 0 aliphatic heterocycles. The molecule has 1 amide bonds. The third-order valence-electron chi connectivity index (χ3n) is 7.62. The molecule has 0 saturated carbocycles. The van der Waals surface area contributed by atoms with Crippen molar-refractivity contribution in [3.8, 4) is 0 Å². The molecule has 0 fully saturated rings. The highest BCUT2D eigenvalue weighted by atomic mass is 31.2. The number of carbonyl (C=O) groups is 3. The van der Waals surface area contributed by atoms with Gasteiger partial charge in [-0.1, -0.05) is 12.1 Å². The van der Waals surface area contributed by atoms with Crippen molar-refractivity contribution in [3.63, 3.8) is 0 Å². The van der Waals surface area contributed by atoms with E-state index >= 15 is 0 Å². The Kier molecular flexibility index (Phi) is 14.4. The summed E-state index contributed by atoms with van der Waals surface area (Å²) in [4.78, 5) is 40.1. The maximum atomic E-state index is 13.8. The number of ether oxygens (including phenoxy) is 3. The largest absolute Gasteiger partial charge is 0.476 e. The average Bonchev–Trinajstić information content (AvgIpc) is 3.48. The highest BCUT2D eigenvalue weighted by Crippen LogP contribution is 2.56. The first-order valence-corrected chi connectivity index (χ1v) is 19.1. The lowest BCUT2D eigenvalue weighted by atomic mass is 10.1. The topological polar surface area (TPSA) is 181 Å². The van der Waals surface area contributed by atoms with E-state index < -0.39 is 84.7 Å². The number of halogens is 5. The summed E-state index contributed by atoms with van der Waals surface area (Å²) in [7, 11) is -2.71. The maximum Gasteiger partial charge on any atom is 0.476 e. The SMILES string of the molecule is COCC(C)N(C(=N)NC(=O)c1ccc(F)c(F)c1)c1nn(C(=O)OCOC(=O)c2ccc(COP(=O)(OC(C)(C)C)OC(C)(C)C)cc2)c2cc(C(F)(F)F)ccc12. The minimum absolute atomic E-state index is 0.00165. The Morgan fingerprint density at radius 2 is 1.49 bits per heavy atom. The zero-order chi connectivity index (χ0) is 44.1. The summed E-state index contributed by atoms with van der Waals surface area (Å²) in [6.45, 7) is 10.3. The quantitative estimate of drug-likeness (QED) is 0.0327. The molecule has 0 aliphatic rings. The molecule has 320 valence electrons. The third-order valence-corrected chi connectivity index (χ3v) is 9.60. The van der Waals surface area contributed by atoms with Crippen molar-refractivity contribution < 1.29 is 68.7 Å². The van der Waals surface area contributed by atoms with Crippen LogP contribution in [0.4, 0.5) is 32.6 Å². The molecule has 0 spiro atoms. The standard InChI is InChI=1S/C38H43F5N5O10P/c1-22(19-53-8)47(34(44)45-32(49)25-13-16-28(39)29(40)17-25)31-27-15-14-26(38(41,42)43)18-30(27)48(46-31)35(51)55-21-54-33(50)24-11-9-23(10-12-24)20-56-59(52,57-36(2,3)4)58-37(5,6)7/h9-18,22H,19-21H2,1-8H3,(H2,44,45,49). The van der Waals surface area contributed by atoms with E-state index in [4.69, 9.17) is 33.2 Å². The van der Waals surface area contributed by atoms with Crippen LogP contribution in [0.5, 0.6) is 0 Å². The van der Waals surface area contributed by atoms with Crippen molar-refractivity contribution in [2.75, 3.05) is 25.4 Å². The van der Waals surface area contributed by atoms with Crippen LogP contribution in [-0.4, -0.2) is 71.5 Å². The molecule has 21 heteroatoms. The van der Waals surface area contributed by atoms with Gasteiger partial charge in [-0.15, -0.1) is 5.10 Å². The number of rotatable bonds is 13. The van der Waals surface area contributed by atoms with Crippen LogP contribution in [0, 0.1) is 17.0 Å². The highest BCUT2D eigenvalue weighted by Gasteiger charge is 2.37. The van der Waals surface area contributed by atoms with Gasteiger partial charge in [-0.3, -0.25) is 34.0 Å². The molecule has 3 aromatic carbocycles. The van der Waals surface area contributed by atoms with Gasteiger partial charge in [0.2, 0.25) is 12.8 Å². The average molecular weight is 856 g/mol. The number of benzene rings is 3. The second-order valence-electron chi connectivity index (χ2n) is 14.9. The molecule has 1 unspecified atom stereocenters. The number of alkyl halides is 3. The van der Waals surface area contributed by atoms with Gasteiger partial charge < -0.3 is 14.2 Å². The first kappa shape index (κ1) is 46.4. The van der Waals surface area contributed by atoms with Crippen LogP contribution >= 0.6 is 7.82 Å². The van der Waals surface area contributed by atoms with Gasteiger partial charge in [0.15, 0.2) is 17.5 Å². The molecule has 4 rings (SSSR count). The minimum Gasteiger partial charge on any atom is -0.424 e. The fraction of sp³-hybridized carbons (Fsp3) is 0.395. The number of phosphoric acid groups is 1. The molecule has 2 N–H and O–H groups in total. The van der Waals surface area contributed by atoms with E-state index in [0.29, 0.717) is 34.5 Å². The monoisotopic (exact) mass is 855 g/mol. The Balaban J connectivity index is 1.53. The molecule has 4 aromatic rings. The van der Waals surface area contributed by atoms with Crippen LogP contribution in [0.1, 0.15) is 80.3 Å². The Morgan fingerprint density at radius 1 is 0.881 bits per heavy atom. The highest BCUT2D eigenvalue weighted by molar-refractivity contribution is 7.48. The number of amides is 1. The molecular formula is C38H43F5N5O10P. The van der Waals surface area contributed by atoms with Gasteiger partial charge in [0.1, 0.15) is 0 Å². The fourth-order valence-electron chi connectivity index (χ4n) is 5.23. The van der Waals surface area contributed by atoms with Crippen molar-refractivity contribution in [1.82, 2.24) is 15.1 Å². The summed E-state index contributed by atoms with van der Waals surface area (Å²) >= 11 is 0. The van der Waals surface area contributed by atoms with Gasteiger partial charge in [0.25, 0.3) is 5.91 Å². The number of hydrogen-bond acceptors (Lipinski definition) is 12. The van der Waals surface area contributed by atoms with Crippen molar-refractivity contribution in [1.29, 1.82) is 5.41 Å². The van der Waals surface area contributed by atoms with E-state index in [1.807, 2.05) is 0 Å². The van der Waals surface area contributed by atoms with Gasteiger partial charge >= 0.3 is 26.1 Å². The Morgan fingerprint density at radius 3 is 2.05 bits per heavy atom. The molecular weight excluding hydrogens is 812 g/mol. The van der Waals surface area contributed by atoms with Gasteiger partial charge in [-0.2, -0.15) is 17.9 Å². The van der Waals surface area contributed by atoms with Crippen molar-refractivity contribution in [3.05, 3.63) is 94.6 Å². The normalized spacial score (nSPS) is 12.9. The molecule has 0 bridgehead atoms. The van der Waals surface area contributed by atoms with E-state index in [9.17, 15) is 40.9 Å². The number of anilines is 1. The molecule has 1 aromatic heterocycles. The number of carbonyl (C=O) groups excluding carboxylic acids is 3. The first-order chi connectivity index (χ1) is 27.3. The van der Waals surface area contributed by atoms with E-state index in [-0.39, 0.29) is 35.5 Å². The van der Waals surface area contributed by atoms with Crippen LogP contribution in [0.15, 0.2) is 60.7 Å². The summed E-state index contributed by atoms with van der Waals surface area (Å²) in [6.07, 6.45) is -6.25. The Bertz CT molecular complexity index is 2220. The number of methoxy groups -OCH3 is 1. The molecule has 1 atom stereocenters. The third kappa shape index (κ3) is 12.6. The molecule has 0 radical (unpaired) electrons. The molecule has 59 heavy (non-hydrogen) atoms. The van der Waals surface area contributed by atoms with E-state index in [2.05, 4.69) is 10.4 Å². The number of aromatic nitrogens is 2. The van der Waals surface area contributed by atoms with Crippen LogP contribution in [0.3, 0.4) is 0 Å². The second kappa shape index (κ2) is 18.3. The van der Waals surface area contributed by atoms with Crippen LogP contribution < -0.4 is 10.2 Å². The smallest absolute Gasteiger partial charge is 0.424 e. The van der Waals surface area contributed by atoms with E-state index in [0.717, 1.165) is 17.0 Å². The van der Waals surface area contributed by atoms with Gasteiger partial charge in [0, 0.05) is 18.1 Å². The molecule has 0 aliphatic carbocycles. The van der Waals surface area contributed by atoms with E-state index in [1.165, 1.54) is 38.3 Å². The van der Waals surface area contributed by atoms with Crippen LogP contribution in [0.25, 0.3) is 10.9 Å². The van der Waals surface area contributed by atoms with E-state index in [1.54, 1.807) is 41.5 Å². The summed E-state index contributed by atoms with van der Waals surface area (Å²) in [5.74, 6) is -5.58. The lowest BCUT2D eigenvalue weighted by molar-refractivity contribution is -0.137. The zero-order valence-electron chi connectivity index (χ0n) is 33.2. The van der Waals surface area contributed by atoms with Crippen LogP contribution in [-0.2, 0) is 45.1 Å². The fourth-order valence-corrected chi connectivity index (χ4v) is 7.02. The number of esters is 1. The van der Waals surface area contributed by atoms with Crippen molar-refractivity contribution in [2.24, 2.45) is 0 Å². The van der Waals surface area contributed by atoms with Crippen molar-refractivity contribution >= 4 is 48.5 Å². The summed E-state index contributed by atoms with van der Waals surface area (Å²) in [5, 5.41) is 14.9. The number of phosphoric ester groups is 1. The lowest BCUT2D eigenvalue weighted by Gasteiger charge is -2.30. The predicted molar refractivity (Wildman–Crippen MR) is 203 cm³/mol. The first-order valence-electron chi connectivity index (χ1n) is 17.6. The molecule has 1 heterocycles. The number of fused-ring (bicyclic) bond motifs is 1. The minimum atomic E-state index is -4.86. The molecule has 0 saturated heterocycles. The Hall–Kier alpha value is -5.27. The number of nitrogens with one attached hydrogen (secondary N) is 2. The van der Waals surface area contributed by atoms with Crippen LogP contribution in [0.2, 0.25) is 0 Å². The lowest BCUT2D eigenvalue weighted by Crippen LogP contribution is -2.49. The van der Waals surface area contributed by atoms with Crippen molar-refractivity contribution in [2.45, 2.75) is 78.5 Å². The predicted octanol–water partition coefficient (Wildman–Crippen LogP) is 8.59. The van der Waals surface area contributed by atoms with Gasteiger partial charge in [0.05, 0.1) is 47.1 Å². The molecule has 15 nitrogen and oxygen atoms in total.